The maximum absolute atomic E-state index is 5.89. The second-order valence-electron chi connectivity index (χ2n) is 3.83. The van der Waals surface area contributed by atoms with Gasteiger partial charge in [-0.2, -0.15) is 4.98 Å². The van der Waals surface area contributed by atoms with Crippen LogP contribution in [0.4, 0.5) is 0 Å². The van der Waals surface area contributed by atoms with Crippen LogP contribution in [0.1, 0.15) is 18.1 Å². The topological polar surface area (TPSA) is 64.7 Å². The largest absolute Gasteiger partial charge is 0.334 e. The molecule has 0 fully saturated rings. The number of alkyl halides is 1. The lowest BCUT2D eigenvalue weighted by Gasteiger charge is -1.97. The molecular formula is C12H9ClN4O. The highest BCUT2D eigenvalue weighted by molar-refractivity contribution is 6.20. The molecule has 1 aromatic carbocycles. The number of halogens is 1. The molecule has 0 saturated heterocycles. The van der Waals surface area contributed by atoms with Crippen molar-refractivity contribution in [2.24, 2.45) is 0 Å². The van der Waals surface area contributed by atoms with Crippen molar-refractivity contribution in [1.82, 2.24) is 20.1 Å². The molecule has 1 unspecified atom stereocenters. The third kappa shape index (κ3) is 1.93. The van der Waals surface area contributed by atoms with E-state index in [-0.39, 0.29) is 5.38 Å². The Morgan fingerprint density at radius 3 is 2.67 bits per heavy atom. The number of rotatable bonds is 2. The summed E-state index contributed by atoms with van der Waals surface area (Å²) in [7, 11) is 0. The van der Waals surface area contributed by atoms with Crippen LogP contribution in [0.2, 0.25) is 0 Å². The monoisotopic (exact) mass is 260 g/mol. The highest BCUT2D eigenvalue weighted by Gasteiger charge is 2.13. The van der Waals surface area contributed by atoms with Gasteiger partial charge in [0.15, 0.2) is 5.82 Å². The first-order valence-electron chi connectivity index (χ1n) is 5.43. The normalized spacial score (nSPS) is 12.8. The Labute approximate surface area is 108 Å². The predicted molar refractivity (Wildman–Crippen MR) is 67.1 cm³/mol. The molecule has 0 saturated carbocycles. The summed E-state index contributed by atoms with van der Waals surface area (Å²) < 4.78 is 5.17. The molecule has 0 radical (unpaired) electrons. The Balaban J connectivity index is 2.07. The Morgan fingerprint density at radius 1 is 1.17 bits per heavy atom. The summed E-state index contributed by atoms with van der Waals surface area (Å²) in [6.07, 6.45) is 3.30. The van der Waals surface area contributed by atoms with E-state index in [1.807, 2.05) is 18.2 Å². The van der Waals surface area contributed by atoms with Gasteiger partial charge in [-0.3, -0.25) is 9.97 Å². The van der Waals surface area contributed by atoms with Crippen LogP contribution in [0.5, 0.6) is 0 Å². The summed E-state index contributed by atoms with van der Waals surface area (Å²) in [5.74, 6) is 0.913. The van der Waals surface area contributed by atoms with Crippen molar-refractivity contribution in [3.63, 3.8) is 0 Å². The van der Waals surface area contributed by atoms with Crippen molar-refractivity contribution in [2.75, 3.05) is 0 Å². The molecule has 0 aliphatic heterocycles. The summed E-state index contributed by atoms with van der Waals surface area (Å²) in [6.45, 7) is 1.79. The van der Waals surface area contributed by atoms with Crippen LogP contribution in [0, 0.1) is 0 Å². The lowest BCUT2D eigenvalue weighted by molar-refractivity contribution is 0.422. The zero-order chi connectivity index (χ0) is 12.5. The molecule has 1 atom stereocenters. The van der Waals surface area contributed by atoms with Crippen molar-refractivity contribution in [3.8, 4) is 11.5 Å². The van der Waals surface area contributed by atoms with Gasteiger partial charge in [-0.1, -0.05) is 5.16 Å². The zero-order valence-electron chi connectivity index (χ0n) is 9.54. The molecular weight excluding hydrogens is 252 g/mol. The quantitative estimate of drug-likeness (QED) is 0.663. The molecule has 18 heavy (non-hydrogen) atoms. The van der Waals surface area contributed by atoms with Gasteiger partial charge in [0.2, 0.25) is 0 Å². The van der Waals surface area contributed by atoms with Crippen LogP contribution < -0.4 is 0 Å². The highest BCUT2D eigenvalue weighted by Crippen LogP contribution is 2.23. The van der Waals surface area contributed by atoms with E-state index in [4.69, 9.17) is 16.1 Å². The smallest absolute Gasteiger partial charge is 0.258 e. The van der Waals surface area contributed by atoms with Gasteiger partial charge in [0.1, 0.15) is 0 Å². The summed E-state index contributed by atoms with van der Waals surface area (Å²) in [4.78, 5) is 12.7. The second kappa shape index (κ2) is 4.34. The van der Waals surface area contributed by atoms with Crippen molar-refractivity contribution >= 4 is 22.6 Å². The molecule has 5 nitrogen and oxygen atoms in total. The summed E-state index contributed by atoms with van der Waals surface area (Å²) in [5, 5.41) is 3.54. The lowest BCUT2D eigenvalue weighted by Crippen LogP contribution is -1.87. The van der Waals surface area contributed by atoms with Crippen LogP contribution in [0.3, 0.4) is 0 Å². The van der Waals surface area contributed by atoms with Crippen molar-refractivity contribution < 1.29 is 4.52 Å². The van der Waals surface area contributed by atoms with E-state index < -0.39 is 0 Å². The Kier molecular flexibility index (Phi) is 2.68. The first kappa shape index (κ1) is 11.1. The van der Waals surface area contributed by atoms with E-state index in [2.05, 4.69) is 20.1 Å². The number of hydrogen-bond acceptors (Lipinski definition) is 5. The molecule has 2 heterocycles. The standard InChI is InChI=1S/C12H9ClN4O/c1-7(13)11-16-12(18-17-11)8-2-3-9-10(6-8)15-5-4-14-9/h2-7H,1H3. The first-order valence-corrected chi connectivity index (χ1v) is 5.86. The molecule has 0 spiro atoms. The summed E-state index contributed by atoms with van der Waals surface area (Å²) >= 11 is 5.89. The van der Waals surface area contributed by atoms with Crippen LogP contribution in [0.25, 0.3) is 22.5 Å². The van der Waals surface area contributed by atoms with E-state index >= 15 is 0 Å². The molecule has 0 amide bonds. The second-order valence-corrected chi connectivity index (χ2v) is 4.49. The maximum Gasteiger partial charge on any atom is 0.258 e. The number of fused-ring (bicyclic) bond motifs is 1. The molecule has 2 aromatic heterocycles. The van der Waals surface area contributed by atoms with Crippen molar-refractivity contribution in [2.45, 2.75) is 12.3 Å². The molecule has 3 rings (SSSR count). The van der Waals surface area contributed by atoms with E-state index in [0.717, 1.165) is 16.6 Å². The fourth-order valence-electron chi connectivity index (χ4n) is 1.61. The predicted octanol–water partition coefficient (Wildman–Crippen LogP) is 2.98. The molecule has 0 N–H and O–H groups in total. The SMILES string of the molecule is CC(Cl)c1noc(-c2ccc3nccnc3c2)n1. The molecule has 0 aliphatic carbocycles. The van der Waals surface area contributed by atoms with Gasteiger partial charge >= 0.3 is 0 Å². The minimum Gasteiger partial charge on any atom is -0.334 e. The number of aromatic nitrogens is 4. The van der Waals surface area contributed by atoms with E-state index in [9.17, 15) is 0 Å². The fourth-order valence-corrected chi connectivity index (χ4v) is 1.70. The van der Waals surface area contributed by atoms with E-state index in [0.29, 0.717) is 11.7 Å². The van der Waals surface area contributed by atoms with Crippen molar-refractivity contribution in [3.05, 3.63) is 36.4 Å². The van der Waals surface area contributed by atoms with Gasteiger partial charge in [-0.05, 0) is 25.1 Å². The fraction of sp³-hybridized carbons (Fsp3) is 0.167. The summed E-state index contributed by atoms with van der Waals surface area (Å²) in [5.41, 5.74) is 2.42. The third-order valence-electron chi connectivity index (χ3n) is 2.51. The van der Waals surface area contributed by atoms with Gasteiger partial charge in [-0.15, -0.1) is 11.6 Å². The third-order valence-corrected chi connectivity index (χ3v) is 2.71. The average molecular weight is 261 g/mol. The molecule has 90 valence electrons. The number of nitrogens with zero attached hydrogens (tertiary/aromatic N) is 4. The van der Waals surface area contributed by atoms with Crippen LogP contribution in [-0.2, 0) is 0 Å². The maximum atomic E-state index is 5.89. The van der Waals surface area contributed by atoms with Gasteiger partial charge in [0.25, 0.3) is 5.89 Å². The molecule has 0 aliphatic rings. The Hall–Kier alpha value is -2.01. The average Bonchev–Trinajstić information content (AvgIpc) is 2.88. The van der Waals surface area contributed by atoms with Crippen LogP contribution in [-0.4, -0.2) is 20.1 Å². The first-order chi connectivity index (χ1) is 8.74. The van der Waals surface area contributed by atoms with Crippen LogP contribution >= 0.6 is 11.6 Å². The Bertz CT molecular complexity index is 695. The molecule has 3 aromatic rings. The number of benzene rings is 1. The van der Waals surface area contributed by atoms with Gasteiger partial charge in [0.05, 0.1) is 16.4 Å². The Morgan fingerprint density at radius 2 is 1.94 bits per heavy atom. The molecule has 6 heteroatoms. The number of hydrogen-bond donors (Lipinski definition) is 0. The minimum absolute atomic E-state index is 0.275. The van der Waals surface area contributed by atoms with Crippen molar-refractivity contribution in [1.29, 1.82) is 0 Å². The minimum atomic E-state index is -0.275. The van der Waals surface area contributed by atoms with Gasteiger partial charge < -0.3 is 4.52 Å². The van der Waals surface area contributed by atoms with Crippen LogP contribution in [0.15, 0.2) is 35.1 Å². The molecule has 0 bridgehead atoms. The van der Waals surface area contributed by atoms with Gasteiger partial charge in [0, 0.05) is 18.0 Å². The van der Waals surface area contributed by atoms with E-state index in [1.54, 1.807) is 19.3 Å². The lowest BCUT2D eigenvalue weighted by atomic mass is 10.2. The zero-order valence-corrected chi connectivity index (χ0v) is 10.3. The van der Waals surface area contributed by atoms with E-state index in [1.165, 1.54) is 0 Å². The summed E-state index contributed by atoms with van der Waals surface area (Å²) in [6, 6.07) is 5.59. The van der Waals surface area contributed by atoms with Gasteiger partial charge in [-0.25, -0.2) is 0 Å². The highest BCUT2D eigenvalue weighted by atomic mass is 35.5.